The van der Waals surface area contributed by atoms with Crippen LogP contribution in [0.5, 0.6) is 0 Å². The average Bonchev–Trinajstić information content (AvgIpc) is 2.95. The molecule has 4 nitrogen and oxygen atoms in total. The van der Waals surface area contributed by atoms with Crippen molar-refractivity contribution < 1.29 is 9.59 Å². The molecule has 4 fully saturated rings. The predicted molar refractivity (Wildman–Crippen MR) is 83.9 cm³/mol. The Morgan fingerprint density at radius 3 is 1.77 bits per heavy atom. The van der Waals surface area contributed by atoms with Crippen LogP contribution in [0.2, 0.25) is 0 Å². The van der Waals surface area contributed by atoms with Crippen LogP contribution in [0, 0.1) is 11.8 Å². The van der Waals surface area contributed by atoms with E-state index in [0.717, 1.165) is 13.1 Å². The van der Waals surface area contributed by atoms with Crippen LogP contribution in [0.4, 0.5) is 0 Å². The van der Waals surface area contributed by atoms with E-state index in [9.17, 15) is 9.59 Å². The number of likely N-dealkylation sites (tertiary alicyclic amines) is 2. The molecule has 122 valence electrons. The van der Waals surface area contributed by atoms with Gasteiger partial charge in [0, 0.05) is 37.8 Å². The number of fused-ring (bicyclic) bond motifs is 1. The van der Waals surface area contributed by atoms with Gasteiger partial charge >= 0.3 is 0 Å². The first-order valence-electron chi connectivity index (χ1n) is 9.37. The van der Waals surface area contributed by atoms with E-state index >= 15 is 0 Å². The topological polar surface area (TPSA) is 40.6 Å². The standard InChI is InChI=1S/C18H28N2O2/c21-16-10-11-17(22)20(16)18(19-12-6-7-13-19)14-8-4-2-1-3-5-9-15(14)18/h14-15H,1-13H2. The van der Waals surface area contributed by atoms with E-state index in [4.69, 9.17) is 0 Å². The van der Waals surface area contributed by atoms with Crippen molar-refractivity contribution in [3.05, 3.63) is 0 Å². The van der Waals surface area contributed by atoms with Crippen LogP contribution in [-0.2, 0) is 9.59 Å². The maximum atomic E-state index is 12.5. The number of nitrogens with zero attached hydrogens (tertiary/aromatic N) is 2. The van der Waals surface area contributed by atoms with Gasteiger partial charge in [0.25, 0.3) is 0 Å². The number of carbonyl (C=O) groups is 2. The monoisotopic (exact) mass is 304 g/mol. The summed E-state index contributed by atoms with van der Waals surface area (Å²) in [4.78, 5) is 29.2. The highest BCUT2D eigenvalue weighted by Gasteiger charge is 2.72. The number of hydrogen-bond acceptors (Lipinski definition) is 3. The molecule has 2 atom stereocenters. The van der Waals surface area contributed by atoms with Crippen molar-refractivity contribution in [3.63, 3.8) is 0 Å². The van der Waals surface area contributed by atoms with Crippen LogP contribution in [0.15, 0.2) is 0 Å². The molecule has 2 saturated carbocycles. The van der Waals surface area contributed by atoms with Gasteiger partial charge in [0.05, 0.1) is 0 Å². The molecule has 2 unspecified atom stereocenters. The zero-order valence-corrected chi connectivity index (χ0v) is 13.6. The number of carbonyl (C=O) groups excluding carboxylic acids is 2. The molecular weight excluding hydrogens is 276 g/mol. The third-order valence-corrected chi connectivity index (χ3v) is 6.52. The minimum absolute atomic E-state index is 0.0986. The van der Waals surface area contributed by atoms with E-state index < -0.39 is 0 Å². The second-order valence-electron chi connectivity index (χ2n) is 7.66. The van der Waals surface area contributed by atoms with E-state index in [2.05, 4.69) is 4.90 Å². The molecule has 2 saturated heterocycles. The highest BCUT2D eigenvalue weighted by molar-refractivity contribution is 6.03. The van der Waals surface area contributed by atoms with Gasteiger partial charge in [-0.05, 0) is 25.7 Å². The van der Waals surface area contributed by atoms with Crippen LogP contribution in [0.3, 0.4) is 0 Å². The molecule has 4 heteroatoms. The first kappa shape index (κ1) is 14.7. The number of amides is 2. The van der Waals surface area contributed by atoms with Crippen LogP contribution < -0.4 is 0 Å². The van der Waals surface area contributed by atoms with Crippen molar-refractivity contribution in [2.45, 2.75) is 76.3 Å². The fraction of sp³-hybridized carbons (Fsp3) is 0.889. The minimum atomic E-state index is -0.210. The Hall–Kier alpha value is -0.900. The number of imide groups is 1. The molecule has 22 heavy (non-hydrogen) atoms. The Morgan fingerprint density at radius 1 is 0.727 bits per heavy atom. The molecule has 0 aromatic carbocycles. The highest BCUT2D eigenvalue weighted by atomic mass is 16.2. The maximum Gasteiger partial charge on any atom is 0.231 e. The van der Waals surface area contributed by atoms with Gasteiger partial charge in [0.2, 0.25) is 11.8 Å². The van der Waals surface area contributed by atoms with E-state index in [1.54, 1.807) is 4.90 Å². The zero-order chi connectivity index (χ0) is 15.2. The summed E-state index contributed by atoms with van der Waals surface area (Å²) in [5, 5.41) is 0. The molecule has 2 aliphatic carbocycles. The van der Waals surface area contributed by atoms with Gasteiger partial charge in [-0.3, -0.25) is 19.4 Å². The summed E-state index contributed by atoms with van der Waals surface area (Å²) in [5.74, 6) is 1.30. The fourth-order valence-corrected chi connectivity index (χ4v) is 5.58. The lowest BCUT2D eigenvalue weighted by atomic mass is 10.1. The molecule has 2 heterocycles. The molecule has 0 aromatic rings. The third-order valence-electron chi connectivity index (χ3n) is 6.52. The van der Waals surface area contributed by atoms with Crippen molar-refractivity contribution in [3.8, 4) is 0 Å². The van der Waals surface area contributed by atoms with Gasteiger partial charge in [-0.1, -0.05) is 32.1 Å². The van der Waals surface area contributed by atoms with Crippen molar-refractivity contribution in [1.82, 2.24) is 9.80 Å². The van der Waals surface area contributed by atoms with E-state index in [1.165, 1.54) is 57.8 Å². The first-order chi connectivity index (χ1) is 10.8. The molecule has 0 aromatic heterocycles. The number of hydrogen-bond donors (Lipinski definition) is 0. The molecular formula is C18H28N2O2. The summed E-state index contributed by atoms with van der Waals surface area (Å²) in [7, 11) is 0. The summed E-state index contributed by atoms with van der Waals surface area (Å²) in [6.07, 6.45) is 12.3. The Kier molecular flexibility index (Phi) is 3.75. The Labute approximate surface area is 133 Å². The summed E-state index contributed by atoms with van der Waals surface area (Å²) in [5.41, 5.74) is -0.210. The third kappa shape index (κ3) is 2.06. The summed E-state index contributed by atoms with van der Waals surface area (Å²) in [6.45, 7) is 2.15. The lowest BCUT2D eigenvalue weighted by molar-refractivity contribution is -0.149. The van der Waals surface area contributed by atoms with Crippen molar-refractivity contribution >= 4 is 11.8 Å². The van der Waals surface area contributed by atoms with Crippen LogP contribution >= 0.6 is 0 Å². The van der Waals surface area contributed by atoms with Gasteiger partial charge in [-0.25, -0.2) is 0 Å². The molecule has 0 spiro atoms. The van der Waals surface area contributed by atoms with Crippen molar-refractivity contribution in [1.29, 1.82) is 0 Å². The lowest BCUT2D eigenvalue weighted by Crippen LogP contribution is -2.54. The minimum Gasteiger partial charge on any atom is -0.280 e. The smallest absolute Gasteiger partial charge is 0.231 e. The molecule has 0 bridgehead atoms. The van der Waals surface area contributed by atoms with E-state index in [-0.39, 0.29) is 17.5 Å². The second-order valence-corrected chi connectivity index (χ2v) is 7.66. The second kappa shape index (κ2) is 5.63. The molecule has 4 aliphatic rings. The molecule has 0 N–H and O–H groups in total. The van der Waals surface area contributed by atoms with Crippen LogP contribution in [0.25, 0.3) is 0 Å². The van der Waals surface area contributed by atoms with Gasteiger partial charge in [0.1, 0.15) is 5.66 Å². The first-order valence-corrected chi connectivity index (χ1v) is 9.37. The zero-order valence-electron chi connectivity index (χ0n) is 13.6. The quantitative estimate of drug-likeness (QED) is 0.737. The molecule has 2 aliphatic heterocycles. The highest BCUT2D eigenvalue weighted by Crippen LogP contribution is 2.63. The number of rotatable bonds is 2. The van der Waals surface area contributed by atoms with Gasteiger partial charge in [-0.15, -0.1) is 0 Å². The normalized spacial score (nSPS) is 40.3. The molecule has 2 amide bonds. The van der Waals surface area contributed by atoms with Gasteiger partial charge < -0.3 is 0 Å². The van der Waals surface area contributed by atoms with E-state index in [0.29, 0.717) is 24.7 Å². The summed E-state index contributed by atoms with van der Waals surface area (Å²) < 4.78 is 0. The molecule has 4 rings (SSSR count). The fourth-order valence-electron chi connectivity index (χ4n) is 5.58. The Balaban J connectivity index is 1.67. The lowest BCUT2D eigenvalue weighted by Gasteiger charge is -2.37. The predicted octanol–water partition coefficient (Wildman–Crippen LogP) is 2.92. The van der Waals surface area contributed by atoms with Crippen molar-refractivity contribution in [2.75, 3.05) is 13.1 Å². The molecule has 0 radical (unpaired) electrons. The van der Waals surface area contributed by atoms with Crippen molar-refractivity contribution in [2.24, 2.45) is 11.8 Å². The summed E-state index contributed by atoms with van der Waals surface area (Å²) in [6, 6.07) is 0. The Bertz CT molecular complexity index is 440. The van der Waals surface area contributed by atoms with Gasteiger partial charge in [-0.2, -0.15) is 0 Å². The average molecular weight is 304 g/mol. The maximum absolute atomic E-state index is 12.5. The van der Waals surface area contributed by atoms with Crippen LogP contribution in [0.1, 0.15) is 70.6 Å². The summed E-state index contributed by atoms with van der Waals surface area (Å²) >= 11 is 0. The van der Waals surface area contributed by atoms with Crippen LogP contribution in [-0.4, -0.2) is 40.4 Å². The Morgan fingerprint density at radius 2 is 1.23 bits per heavy atom. The SMILES string of the molecule is O=C1CCC(=O)N1C1(N2CCCC2)C2CCCCCCCC21. The van der Waals surface area contributed by atoms with E-state index in [1.807, 2.05) is 0 Å². The largest absolute Gasteiger partial charge is 0.280 e. The van der Waals surface area contributed by atoms with Gasteiger partial charge in [0.15, 0.2) is 0 Å².